The zero-order chi connectivity index (χ0) is 16.9. The Labute approximate surface area is 142 Å². The fourth-order valence-corrected chi connectivity index (χ4v) is 2.81. The molecule has 6 nitrogen and oxygen atoms in total. The second-order valence-corrected chi connectivity index (χ2v) is 5.60. The van der Waals surface area contributed by atoms with Crippen LogP contribution in [0.15, 0.2) is 40.2 Å². The predicted molar refractivity (Wildman–Crippen MR) is 90.6 cm³/mol. The van der Waals surface area contributed by atoms with Gasteiger partial charge in [-0.15, -0.1) is 11.3 Å². The summed E-state index contributed by atoms with van der Waals surface area (Å²) in [4.78, 5) is 5.16. The van der Waals surface area contributed by atoms with Gasteiger partial charge in [-0.1, -0.05) is 23.4 Å². The van der Waals surface area contributed by atoms with Crippen LogP contribution in [0.5, 0.6) is 11.5 Å². The van der Waals surface area contributed by atoms with Crippen molar-refractivity contribution in [3.63, 3.8) is 0 Å². The van der Waals surface area contributed by atoms with Crippen LogP contribution in [0.2, 0.25) is 0 Å². The normalized spacial score (nSPS) is 11.1. The molecule has 3 aromatic rings. The molecule has 0 aliphatic carbocycles. The van der Waals surface area contributed by atoms with Gasteiger partial charge in [0, 0.05) is 5.56 Å². The van der Waals surface area contributed by atoms with E-state index in [4.69, 9.17) is 14.0 Å². The molecule has 1 aromatic carbocycles. The highest BCUT2D eigenvalue weighted by atomic mass is 32.1. The number of hydrogen-bond acceptors (Lipinski definition) is 7. The van der Waals surface area contributed by atoms with E-state index in [9.17, 15) is 5.26 Å². The summed E-state index contributed by atoms with van der Waals surface area (Å²) in [6.45, 7) is 0. The summed E-state index contributed by atoms with van der Waals surface area (Å²) in [5.41, 5.74) is 0.932. The molecule has 3 rings (SSSR count). The smallest absolute Gasteiger partial charge is 0.268 e. The van der Waals surface area contributed by atoms with E-state index in [1.54, 1.807) is 26.4 Å². The van der Waals surface area contributed by atoms with Crippen LogP contribution in [0.3, 0.4) is 0 Å². The quantitative estimate of drug-likeness (QED) is 0.656. The van der Waals surface area contributed by atoms with Crippen molar-refractivity contribution in [1.29, 1.82) is 5.26 Å². The lowest BCUT2D eigenvalue weighted by Gasteiger charge is -2.09. The van der Waals surface area contributed by atoms with Gasteiger partial charge in [-0.2, -0.15) is 10.2 Å². The molecular formula is C17H13N3O3S. The van der Waals surface area contributed by atoms with Crippen LogP contribution < -0.4 is 9.47 Å². The summed E-state index contributed by atoms with van der Waals surface area (Å²) in [7, 11) is 3.10. The van der Waals surface area contributed by atoms with E-state index in [1.165, 1.54) is 11.3 Å². The lowest BCUT2D eigenvalue weighted by molar-refractivity contribution is 0.354. The van der Waals surface area contributed by atoms with E-state index in [2.05, 4.69) is 16.2 Å². The van der Waals surface area contributed by atoms with Gasteiger partial charge in [0.25, 0.3) is 5.89 Å². The molecule has 0 atom stereocenters. The number of thiophene rings is 1. The minimum Gasteiger partial charge on any atom is -0.493 e. The Hall–Kier alpha value is -3.11. The third-order valence-electron chi connectivity index (χ3n) is 3.25. The second-order valence-electron chi connectivity index (χ2n) is 4.65. The molecule has 0 bridgehead atoms. The second kappa shape index (κ2) is 6.98. The molecule has 0 saturated heterocycles. The van der Waals surface area contributed by atoms with Crippen LogP contribution in [-0.2, 0) is 0 Å². The molecule has 0 saturated carbocycles. The van der Waals surface area contributed by atoms with Gasteiger partial charge in [0.1, 0.15) is 11.6 Å². The molecule has 24 heavy (non-hydrogen) atoms. The Morgan fingerprint density at radius 1 is 1.25 bits per heavy atom. The number of hydrogen-bond donors (Lipinski definition) is 0. The Kier molecular flexibility index (Phi) is 4.59. The van der Waals surface area contributed by atoms with E-state index in [0.29, 0.717) is 22.9 Å². The van der Waals surface area contributed by atoms with Crippen molar-refractivity contribution in [2.24, 2.45) is 0 Å². The van der Waals surface area contributed by atoms with Crippen molar-refractivity contribution in [3.05, 3.63) is 47.2 Å². The van der Waals surface area contributed by atoms with Gasteiger partial charge < -0.3 is 14.0 Å². The van der Waals surface area contributed by atoms with Crippen molar-refractivity contribution in [3.8, 4) is 28.3 Å². The number of ether oxygens (including phenoxy) is 2. The first-order valence-electron chi connectivity index (χ1n) is 6.97. The third kappa shape index (κ3) is 3.00. The number of nitrogens with zero attached hydrogens (tertiary/aromatic N) is 3. The Bertz CT molecular complexity index is 908. The number of benzene rings is 1. The molecule has 0 amide bonds. The topological polar surface area (TPSA) is 81.2 Å². The van der Waals surface area contributed by atoms with Gasteiger partial charge in [0.15, 0.2) is 11.5 Å². The van der Waals surface area contributed by atoms with Gasteiger partial charge in [-0.3, -0.25) is 0 Å². The zero-order valence-corrected chi connectivity index (χ0v) is 13.8. The molecule has 0 radical (unpaired) electrons. The first-order chi connectivity index (χ1) is 11.8. The predicted octanol–water partition coefficient (Wildman–Crippen LogP) is 3.88. The number of methoxy groups -OCH3 is 2. The molecule has 2 heterocycles. The van der Waals surface area contributed by atoms with Crippen LogP contribution in [0.4, 0.5) is 0 Å². The van der Waals surface area contributed by atoms with Gasteiger partial charge in [-0.25, -0.2) is 0 Å². The highest BCUT2D eigenvalue weighted by Gasteiger charge is 2.15. The average Bonchev–Trinajstić information content (AvgIpc) is 3.30. The Morgan fingerprint density at radius 2 is 2.12 bits per heavy atom. The Morgan fingerprint density at radius 3 is 2.79 bits per heavy atom. The van der Waals surface area contributed by atoms with Crippen LogP contribution in [0.25, 0.3) is 22.4 Å². The minimum absolute atomic E-state index is 0.158. The number of allylic oxidation sites excluding steroid dienone is 1. The van der Waals surface area contributed by atoms with E-state index in [0.717, 1.165) is 4.88 Å². The standard InChI is InChI=1S/C17H13N3O3S/c1-21-13-6-3-5-11(15(13)22-2)9-12(10-18)17-19-16(20-23-17)14-7-4-8-24-14/h3-9H,1-2H3/b12-9+. The SMILES string of the molecule is COc1cccc(/C=C(\C#N)c2nc(-c3cccs3)no2)c1OC. The van der Waals surface area contributed by atoms with E-state index in [1.807, 2.05) is 29.6 Å². The highest BCUT2D eigenvalue weighted by Crippen LogP contribution is 2.33. The van der Waals surface area contributed by atoms with Gasteiger partial charge in [-0.05, 0) is 23.6 Å². The van der Waals surface area contributed by atoms with E-state index < -0.39 is 0 Å². The first kappa shape index (κ1) is 15.8. The third-order valence-corrected chi connectivity index (χ3v) is 4.12. The minimum atomic E-state index is 0.158. The van der Waals surface area contributed by atoms with E-state index in [-0.39, 0.29) is 11.5 Å². The molecule has 2 aromatic heterocycles. The number of aromatic nitrogens is 2. The molecule has 120 valence electrons. The van der Waals surface area contributed by atoms with Crippen LogP contribution in [0, 0.1) is 11.3 Å². The average molecular weight is 339 g/mol. The molecule has 0 fully saturated rings. The number of para-hydroxylation sites is 1. The monoisotopic (exact) mass is 339 g/mol. The molecular weight excluding hydrogens is 326 g/mol. The van der Waals surface area contributed by atoms with Gasteiger partial charge >= 0.3 is 0 Å². The Balaban J connectivity index is 2.01. The fourth-order valence-electron chi connectivity index (χ4n) is 2.16. The number of rotatable bonds is 5. The summed E-state index contributed by atoms with van der Waals surface area (Å²) in [6, 6.07) is 11.3. The number of nitriles is 1. The van der Waals surface area contributed by atoms with Crippen LogP contribution in [0.1, 0.15) is 11.5 Å². The largest absolute Gasteiger partial charge is 0.493 e. The summed E-state index contributed by atoms with van der Waals surface area (Å²) in [5.74, 6) is 1.73. The summed E-state index contributed by atoms with van der Waals surface area (Å²) < 4.78 is 15.9. The van der Waals surface area contributed by atoms with Crippen molar-refractivity contribution in [1.82, 2.24) is 10.1 Å². The molecule has 7 heteroatoms. The lowest BCUT2D eigenvalue weighted by atomic mass is 10.1. The summed E-state index contributed by atoms with van der Waals surface area (Å²) in [6.07, 6.45) is 1.63. The molecule has 0 aliphatic heterocycles. The lowest BCUT2D eigenvalue weighted by Crippen LogP contribution is -1.93. The summed E-state index contributed by atoms with van der Waals surface area (Å²) in [5, 5.41) is 15.3. The molecule has 0 aliphatic rings. The van der Waals surface area contributed by atoms with Gasteiger partial charge in [0.2, 0.25) is 5.82 Å². The van der Waals surface area contributed by atoms with Crippen LogP contribution in [-0.4, -0.2) is 24.4 Å². The molecule has 0 spiro atoms. The maximum atomic E-state index is 9.46. The maximum absolute atomic E-state index is 9.46. The molecule has 0 unspecified atom stereocenters. The maximum Gasteiger partial charge on any atom is 0.268 e. The van der Waals surface area contributed by atoms with Crippen molar-refractivity contribution in [2.75, 3.05) is 14.2 Å². The van der Waals surface area contributed by atoms with Gasteiger partial charge in [0.05, 0.1) is 19.1 Å². The summed E-state index contributed by atoms with van der Waals surface area (Å²) >= 11 is 1.50. The molecule has 0 N–H and O–H groups in total. The van der Waals surface area contributed by atoms with Crippen molar-refractivity contribution < 1.29 is 14.0 Å². The van der Waals surface area contributed by atoms with Crippen molar-refractivity contribution in [2.45, 2.75) is 0 Å². The van der Waals surface area contributed by atoms with Crippen molar-refractivity contribution >= 4 is 23.0 Å². The highest BCUT2D eigenvalue weighted by molar-refractivity contribution is 7.13. The first-order valence-corrected chi connectivity index (χ1v) is 7.85. The fraction of sp³-hybridized carbons (Fsp3) is 0.118. The zero-order valence-electron chi connectivity index (χ0n) is 13.0. The van der Waals surface area contributed by atoms with E-state index >= 15 is 0 Å². The van der Waals surface area contributed by atoms with Crippen LogP contribution >= 0.6 is 11.3 Å².